The van der Waals surface area contributed by atoms with E-state index in [1.165, 1.54) is 0 Å². The highest BCUT2D eigenvalue weighted by molar-refractivity contribution is 5.96. The fraction of sp³-hybridized carbons (Fsp3) is 0.200. The quantitative estimate of drug-likeness (QED) is 0.585. The van der Waals surface area contributed by atoms with Gasteiger partial charge in [0.25, 0.3) is 5.91 Å². The number of hydrogen-bond acceptors (Lipinski definition) is 3. The largest absolute Gasteiger partial charge is 0.372 e. The molecule has 0 saturated carbocycles. The number of nitrogens with one attached hydrogen (secondary N) is 2. The third-order valence-corrected chi connectivity index (χ3v) is 5.09. The van der Waals surface area contributed by atoms with E-state index in [9.17, 15) is 9.59 Å². The minimum absolute atomic E-state index is 0.291. The third kappa shape index (κ3) is 5.06. The Morgan fingerprint density at radius 3 is 1.70 bits per heavy atom. The van der Waals surface area contributed by atoms with E-state index in [-0.39, 0.29) is 11.8 Å². The van der Waals surface area contributed by atoms with Crippen LogP contribution in [0.2, 0.25) is 0 Å². The maximum absolute atomic E-state index is 13.0. The topological polar surface area (TPSA) is 61.4 Å². The van der Waals surface area contributed by atoms with Crippen molar-refractivity contribution < 1.29 is 9.59 Å². The van der Waals surface area contributed by atoms with E-state index in [1.54, 1.807) is 12.1 Å². The average Bonchev–Trinajstić information content (AvgIpc) is 2.80. The highest BCUT2D eigenvalue weighted by Crippen LogP contribution is 2.24. The summed E-state index contributed by atoms with van der Waals surface area (Å²) in [5.74, 6) is -1.16. The predicted octanol–water partition coefficient (Wildman–Crippen LogP) is 4.13. The molecule has 0 heterocycles. The number of rotatable bonds is 7. The maximum Gasteiger partial charge on any atom is 0.269 e. The summed E-state index contributed by atoms with van der Waals surface area (Å²) in [5.41, 5.74) is 8.40. The molecule has 0 unspecified atom stereocenters. The van der Waals surface area contributed by atoms with Gasteiger partial charge in [0.1, 0.15) is 0 Å². The fourth-order valence-corrected chi connectivity index (χ4v) is 3.46. The summed E-state index contributed by atoms with van der Waals surface area (Å²) in [6.07, 6.45) is 0. The number of amides is 2. The van der Waals surface area contributed by atoms with E-state index < -0.39 is 5.92 Å². The van der Waals surface area contributed by atoms with Crippen LogP contribution in [0.1, 0.15) is 41.3 Å². The first-order chi connectivity index (χ1) is 14.6. The van der Waals surface area contributed by atoms with Gasteiger partial charge in [0, 0.05) is 24.3 Å². The summed E-state index contributed by atoms with van der Waals surface area (Å²) in [6, 6.07) is 26.4. The number of nitrogens with zero attached hydrogens (tertiary/aromatic N) is 1. The molecule has 0 spiro atoms. The van der Waals surface area contributed by atoms with Crippen LogP contribution >= 0.6 is 0 Å². The van der Waals surface area contributed by atoms with Gasteiger partial charge in [0.05, 0.1) is 5.92 Å². The number of hydrazine groups is 1. The minimum Gasteiger partial charge on any atom is -0.372 e. The molecule has 2 N–H and O–H groups in total. The molecule has 0 aliphatic carbocycles. The molecule has 3 aromatic rings. The van der Waals surface area contributed by atoms with Crippen molar-refractivity contribution in [3.63, 3.8) is 0 Å². The number of hydrogen-bond donors (Lipinski definition) is 2. The zero-order valence-electron chi connectivity index (χ0n) is 17.3. The lowest BCUT2D eigenvalue weighted by Crippen LogP contribution is -2.44. The van der Waals surface area contributed by atoms with E-state index in [1.807, 2.05) is 72.8 Å². The third-order valence-electron chi connectivity index (χ3n) is 5.09. The Bertz CT molecular complexity index is 913. The Morgan fingerprint density at radius 1 is 0.733 bits per heavy atom. The molecule has 0 aliphatic rings. The lowest BCUT2D eigenvalue weighted by atomic mass is 9.91. The number of carbonyl (C=O) groups excluding carboxylic acids is 2. The zero-order valence-corrected chi connectivity index (χ0v) is 17.3. The smallest absolute Gasteiger partial charge is 0.269 e. The van der Waals surface area contributed by atoms with Crippen LogP contribution in [0.25, 0.3) is 0 Å². The van der Waals surface area contributed by atoms with Crippen molar-refractivity contribution in [2.24, 2.45) is 0 Å². The molecule has 0 radical (unpaired) electrons. The predicted molar refractivity (Wildman–Crippen MR) is 120 cm³/mol. The summed E-state index contributed by atoms with van der Waals surface area (Å²) >= 11 is 0. The van der Waals surface area contributed by atoms with Crippen molar-refractivity contribution in [3.05, 3.63) is 102 Å². The first-order valence-electron chi connectivity index (χ1n) is 10.2. The second-order valence-corrected chi connectivity index (χ2v) is 6.92. The SMILES string of the molecule is CCN(CC)c1ccc(C(=O)NNC(=O)C(c2ccccc2)c2ccccc2)cc1. The molecule has 2 amide bonds. The number of benzene rings is 3. The average molecular weight is 402 g/mol. The van der Waals surface area contributed by atoms with Crippen LogP contribution in [-0.4, -0.2) is 24.9 Å². The Hall–Kier alpha value is -3.60. The van der Waals surface area contributed by atoms with E-state index in [0.29, 0.717) is 5.56 Å². The first-order valence-corrected chi connectivity index (χ1v) is 10.2. The molecule has 0 aromatic heterocycles. The molecule has 0 saturated heterocycles. The second kappa shape index (κ2) is 10.3. The molecule has 0 bridgehead atoms. The van der Waals surface area contributed by atoms with Crippen molar-refractivity contribution in [1.29, 1.82) is 0 Å². The van der Waals surface area contributed by atoms with Gasteiger partial charge in [-0.05, 0) is 49.2 Å². The highest BCUT2D eigenvalue weighted by atomic mass is 16.2. The number of carbonyl (C=O) groups is 2. The van der Waals surface area contributed by atoms with Crippen molar-refractivity contribution in [1.82, 2.24) is 10.9 Å². The summed E-state index contributed by atoms with van der Waals surface area (Å²) < 4.78 is 0. The Balaban J connectivity index is 1.70. The van der Waals surface area contributed by atoms with Gasteiger partial charge >= 0.3 is 0 Å². The molecule has 30 heavy (non-hydrogen) atoms. The van der Waals surface area contributed by atoms with Crippen LogP contribution in [-0.2, 0) is 4.79 Å². The molecule has 5 nitrogen and oxygen atoms in total. The van der Waals surface area contributed by atoms with Gasteiger partial charge in [-0.1, -0.05) is 60.7 Å². The lowest BCUT2D eigenvalue weighted by Gasteiger charge is -2.21. The van der Waals surface area contributed by atoms with Crippen molar-refractivity contribution in [2.75, 3.05) is 18.0 Å². The van der Waals surface area contributed by atoms with Crippen molar-refractivity contribution in [2.45, 2.75) is 19.8 Å². The number of anilines is 1. The molecule has 3 aromatic carbocycles. The Labute approximate surface area is 177 Å². The summed E-state index contributed by atoms with van der Waals surface area (Å²) in [7, 11) is 0. The van der Waals surface area contributed by atoms with Crippen LogP contribution < -0.4 is 15.8 Å². The van der Waals surface area contributed by atoms with Gasteiger partial charge in [-0.3, -0.25) is 20.4 Å². The van der Waals surface area contributed by atoms with Gasteiger partial charge in [0.2, 0.25) is 5.91 Å². The van der Waals surface area contributed by atoms with E-state index in [0.717, 1.165) is 29.9 Å². The fourth-order valence-electron chi connectivity index (χ4n) is 3.46. The minimum atomic E-state index is -0.516. The summed E-state index contributed by atoms with van der Waals surface area (Å²) in [6.45, 7) is 5.99. The van der Waals surface area contributed by atoms with E-state index in [4.69, 9.17) is 0 Å². The molecule has 154 valence electrons. The van der Waals surface area contributed by atoms with E-state index >= 15 is 0 Å². The Morgan fingerprint density at radius 2 is 1.23 bits per heavy atom. The van der Waals surface area contributed by atoms with Gasteiger partial charge in [-0.15, -0.1) is 0 Å². The molecule has 3 rings (SSSR count). The highest BCUT2D eigenvalue weighted by Gasteiger charge is 2.23. The van der Waals surface area contributed by atoms with Gasteiger partial charge in [-0.2, -0.15) is 0 Å². The van der Waals surface area contributed by atoms with Crippen LogP contribution in [0.4, 0.5) is 5.69 Å². The normalized spacial score (nSPS) is 10.5. The monoisotopic (exact) mass is 401 g/mol. The molecule has 0 atom stereocenters. The van der Waals surface area contributed by atoms with Crippen LogP contribution in [0.3, 0.4) is 0 Å². The van der Waals surface area contributed by atoms with Crippen LogP contribution in [0.5, 0.6) is 0 Å². The first kappa shape index (κ1) is 21.1. The molecular formula is C25H27N3O2. The molecule has 5 heteroatoms. The zero-order chi connectivity index (χ0) is 21.3. The van der Waals surface area contributed by atoms with Crippen LogP contribution in [0, 0.1) is 0 Å². The molecule has 0 fully saturated rings. The second-order valence-electron chi connectivity index (χ2n) is 6.92. The van der Waals surface area contributed by atoms with Gasteiger partial charge in [0.15, 0.2) is 0 Å². The van der Waals surface area contributed by atoms with Crippen molar-refractivity contribution in [3.8, 4) is 0 Å². The lowest BCUT2D eigenvalue weighted by molar-refractivity contribution is -0.122. The van der Waals surface area contributed by atoms with Crippen LogP contribution in [0.15, 0.2) is 84.9 Å². The summed E-state index contributed by atoms with van der Waals surface area (Å²) in [4.78, 5) is 27.7. The standard InChI is InChI=1S/C25H27N3O2/c1-3-28(4-2)22-17-15-21(16-18-22)24(29)26-27-25(30)23(19-11-7-5-8-12-19)20-13-9-6-10-14-20/h5-18,23H,3-4H2,1-2H3,(H,26,29)(H,27,30). The molecule has 0 aliphatic heterocycles. The summed E-state index contributed by atoms with van der Waals surface area (Å²) in [5, 5.41) is 0. The van der Waals surface area contributed by atoms with E-state index in [2.05, 4.69) is 29.6 Å². The molecular weight excluding hydrogens is 374 g/mol. The maximum atomic E-state index is 13.0. The Kier molecular flexibility index (Phi) is 7.22. The van der Waals surface area contributed by atoms with Gasteiger partial charge < -0.3 is 4.90 Å². The van der Waals surface area contributed by atoms with Gasteiger partial charge in [-0.25, -0.2) is 0 Å². The van der Waals surface area contributed by atoms with Crippen molar-refractivity contribution >= 4 is 17.5 Å².